The molecule has 2 nitrogen and oxygen atoms in total. The number of halogens is 1. The lowest BCUT2D eigenvalue weighted by Crippen LogP contribution is -2.43. The van der Waals surface area contributed by atoms with Crippen molar-refractivity contribution in [3.05, 3.63) is 35.9 Å². The van der Waals surface area contributed by atoms with Gasteiger partial charge in [-0.2, -0.15) is 0 Å². The van der Waals surface area contributed by atoms with Crippen LogP contribution >= 0.6 is 15.9 Å². The fraction of sp³-hybridized carbons (Fsp3) is 0.588. The monoisotopic (exact) mass is 337 g/mol. The second-order valence-electron chi connectivity index (χ2n) is 6.02. The zero-order valence-corrected chi connectivity index (χ0v) is 13.9. The van der Waals surface area contributed by atoms with Gasteiger partial charge in [0.2, 0.25) is 5.91 Å². The maximum Gasteiger partial charge on any atom is 0.228 e. The Hall–Kier alpha value is -0.830. The summed E-state index contributed by atoms with van der Waals surface area (Å²) in [7, 11) is 0. The van der Waals surface area contributed by atoms with Crippen LogP contribution in [0, 0.1) is 5.41 Å². The van der Waals surface area contributed by atoms with Crippen LogP contribution in [0.2, 0.25) is 0 Å². The number of carbonyl (C=O) groups is 1. The molecule has 1 amide bonds. The zero-order valence-electron chi connectivity index (χ0n) is 12.3. The summed E-state index contributed by atoms with van der Waals surface area (Å²) in [6.45, 7) is 3.66. The lowest BCUT2D eigenvalue weighted by atomic mass is 9.74. The lowest BCUT2D eigenvalue weighted by molar-refractivity contribution is -0.143. The van der Waals surface area contributed by atoms with Crippen molar-refractivity contribution in [2.24, 2.45) is 5.41 Å². The molecule has 0 atom stereocenters. The van der Waals surface area contributed by atoms with E-state index in [1.807, 2.05) is 23.1 Å². The quantitative estimate of drug-likeness (QED) is 0.730. The highest BCUT2D eigenvalue weighted by Gasteiger charge is 2.37. The van der Waals surface area contributed by atoms with Gasteiger partial charge in [0.15, 0.2) is 0 Å². The first-order chi connectivity index (χ1) is 9.65. The van der Waals surface area contributed by atoms with Crippen molar-refractivity contribution in [3.8, 4) is 0 Å². The van der Waals surface area contributed by atoms with E-state index in [2.05, 4.69) is 35.0 Å². The molecule has 0 aromatic heterocycles. The summed E-state index contributed by atoms with van der Waals surface area (Å²) in [5.41, 5.74) is 1.07. The van der Waals surface area contributed by atoms with Gasteiger partial charge in [0.1, 0.15) is 0 Å². The van der Waals surface area contributed by atoms with Crippen molar-refractivity contribution >= 4 is 21.8 Å². The third-order valence-electron chi connectivity index (χ3n) is 4.33. The van der Waals surface area contributed by atoms with Crippen molar-refractivity contribution in [2.45, 2.75) is 45.6 Å². The van der Waals surface area contributed by atoms with Gasteiger partial charge in [0.05, 0.1) is 0 Å². The van der Waals surface area contributed by atoms with E-state index in [0.717, 1.165) is 31.3 Å². The van der Waals surface area contributed by atoms with E-state index >= 15 is 0 Å². The van der Waals surface area contributed by atoms with Crippen LogP contribution in [0.1, 0.15) is 44.6 Å². The van der Waals surface area contributed by atoms with Crippen LogP contribution in [0.5, 0.6) is 0 Å². The minimum atomic E-state index is -0.144. The van der Waals surface area contributed by atoms with E-state index in [1.54, 1.807) is 0 Å². The SMILES string of the molecule is CC1(C(=O)N(CCBr)Cc2ccccc2)CCCCC1. The molecule has 0 spiro atoms. The average molecular weight is 338 g/mol. The van der Waals surface area contributed by atoms with E-state index in [9.17, 15) is 4.79 Å². The first-order valence-electron chi connectivity index (χ1n) is 7.55. The number of amides is 1. The first-order valence-corrected chi connectivity index (χ1v) is 8.67. The van der Waals surface area contributed by atoms with Gasteiger partial charge in [-0.05, 0) is 18.4 Å². The van der Waals surface area contributed by atoms with Crippen LogP contribution in [0.3, 0.4) is 0 Å². The van der Waals surface area contributed by atoms with Gasteiger partial charge in [-0.15, -0.1) is 0 Å². The molecule has 1 saturated carbocycles. The van der Waals surface area contributed by atoms with Gasteiger partial charge < -0.3 is 4.90 Å². The van der Waals surface area contributed by atoms with E-state index in [4.69, 9.17) is 0 Å². The van der Waals surface area contributed by atoms with Crippen molar-refractivity contribution in [1.29, 1.82) is 0 Å². The predicted octanol–water partition coefficient (Wildman–Crippen LogP) is 4.38. The molecule has 0 radical (unpaired) electrons. The number of carbonyl (C=O) groups excluding carboxylic acids is 1. The number of alkyl halides is 1. The minimum Gasteiger partial charge on any atom is -0.337 e. The standard InChI is InChI=1S/C17H24BrNO/c1-17(10-6-3-7-11-17)16(20)19(13-12-18)14-15-8-4-2-5-9-15/h2,4-5,8-9H,3,6-7,10-14H2,1H3. The maximum atomic E-state index is 12.9. The molecular formula is C17H24BrNO. The van der Waals surface area contributed by atoms with E-state index < -0.39 is 0 Å². The number of benzene rings is 1. The third kappa shape index (κ3) is 3.85. The second kappa shape index (κ2) is 7.26. The molecule has 0 bridgehead atoms. The molecule has 20 heavy (non-hydrogen) atoms. The molecule has 1 fully saturated rings. The Kier molecular flexibility index (Phi) is 5.64. The summed E-state index contributed by atoms with van der Waals surface area (Å²) in [5, 5.41) is 0.835. The summed E-state index contributed by atoms with van der Waals surface area (Å²) in [5.74, 6) is 0.334. The summed E-state index contributed by atoms with van der Waals surface area (Å²) in [6.07, 6.45) is 5.74. The second-order valence-corrected chi connectivity index (χ2v) is 6.82. The van der Waals surface area contributed by atoms with Gasteiger partial charge in [0.25, 0.3) is 0 Å². The molecular weight excluding hydrogens is 314 g/mol. The molecule has 0 saturated heterocycles. The van der Waals surface area contributed by atoms with Gasteiger partial charge in [0, 0.05) is 23.8 Å². The molecule has 3 heteroatoms. The van der Waals surface area contributed by atoms with Crippen LogP contribution in [0.4, 0.5) is 0 Å². The molecule has 1 aliphatic rings. The van der Waals surface area contributed by atoms with Gasteiger partial charge >= 0.3 is 0 Å². The maximum absolute atomic E-state index is 12.9. The smallest absolute Gasteiger partial charge is 0.228 e. The lowest BCUT2D eigenvalue weighted by Gasteiger charge is -2.37. The highest BCUT2D eigenvalue weighted by atomic mass is 79.9. The molecule has 1 aromatic rings. The van der Waals surface area contributed by atoms with Crippen LogP contribution in [-0.4, -0.2) is 22.7 Å². The molecule has 0 heterocycles. The largest absolute Gasteiger partial charge is 0.337 e. The van der Waals surface area contributed by atoms with Gasteiger partial charge in [-0.3, -0.25) is 4.79 Å². The highest BCUT2D eigenvalue weighted by molar-refractivity contribution is 9.09. The fourth-order valence-corrected chi connectivity index (χ4v) is 3.51. The molecule has 0 aliphatic heterocycles. The molecule has 1 aromatic carbocycles. The summed E-state index contributed by atoms with van der Waals surface area (Å²) in [6, 6.07) is 10.3. The Morgan fingerprint density at radius 2 is 1.85 bits per heavy atom. The number of rotatable bonds is 5. The minimum absolute atomic E-state index is 0.144. The average Bonchev–Trinajstić information content (AvgIpc) is 2.48. The Labute approximate surface area is 130 Å². The Balaban J connectivity index is 2.09. The first kappa shape index (κ1) is 15.6. The summed E-state index contributed by atoms with van der Waals surface area (Å²) < 4.78 is 0. The van der Waals surface area contributed by atoms with E-state index in [1.165, 1.54) is 24.8 Å². The molecule has 2 rings (SSSR count). The number of nitrogens with zero attached hydrogens (tertiary/aromatic N) is 1. The Morgan fingerprint density at radius 3 is 2.45 bits per heavy atom. The summed E-state index contributed by atoms with van der Waals surface area (Å²) >= 11 is 3.48. The predicted molar refractivity (Wildman–Crippen MR) is 86.8 cm³/mol. The molecule has 0 unspecified atom stereocenters. The van der Waals surface area contributed by atoms with E-state index in [-0.39, 0.29) is 5.41 Å². The number of hydrogen-bond donors (Lipinski definition) is 0. The van der Waals surface area contributed by atoms with Crippen LogP contribution in [-0.2, 0) is 11.3 Å². The summed E-state index contributed by atoms with van der Waals surface area (Å²) in [4.78, 5) is 14.9. The van der Waals surface area contributed by atoms with E-state index in [0.29, 0.717) is 5.91 Å². The Morgan fingerprint density at radius 1 is 1.20 bits per heavy atom. The molecule has 1 aliphatic carbocycles. The van der Waals surface area contributed by atoms with Crippen molar-refractivity contribution in [1.82, 2.24) is 4.90 Å². The third-order valence-corrected chi connectivity index (χ3v) is 4.69. The van der Waals surface area contributed by atoms with Crippen molar-refractivity contribution < 1.29 is 4.79 Å². The van der Waals surface area contributed by atoms with Gasteiger partial charge in [-0.1, -0.05) is 72.4 Å². The Bertz CT molecular complexity index is 426. The molecule has 110 valence electrons. The zero-order chi connectivity index (χ0) is 14.4. The highest BCUT2D eigenvalue weighted by Crippen LogP contribution is 2.37. The fourth-order valence-electron chi connectivity index (χ4n) is 3.09. The van der Waals surface area contributed by atoms with Crippen LogP contribution in [0.15, 0.2) is 30.3 Å². The normalized spacial score (nSPS) is 17.7. The molecule has 0 N–H and O–H groups in total. The van der Waals surface area contributed by atoms with Crippen molar-refractivity contribution in [2.75, 3.05) is 11.9 Å². The number of hydrogen-bond acceptors (Lipinski definition) is 1. The van der Waals surface area contributed by atoms with Crippen LogP contribution in [0.25, 0.3) is 0 Å². The van der Waals surface area contributed by atoms with Crippen LogP contribution < -0.4 is 0 Å². The van der Waals surface area contributed by atoms with Crippen molar-refractivity contribution in [3.63, 3.8) is 0 Å². The topological polar surface area (TPSA) is 20.3 Å². The van der Waals surface area contributed by atoms with Gasteiger partial charge in [-0.25, -0.2) is 0 Å².